The molecule has 0 N–H and O–H groups in total. The summed E-state index contributed by atoms with van der Waals surface area (Å²) in [6, 6.07) is 20.2. The molecule has 2 aromatic carbocycles. The van der Waals surface area contributed by atoms with Gasteiger partial charge in [-0.25, -0.2) is 0 Å². The lowest BCUT2D eigenvalue weighted by Gasteiger charge is -2.15. The quantitative estimate of drug-likeness (QED) is 0.533. The third kappa shape index (κ3) is 3.92. The maximum Gasteiger partial charge on any atom is 0.0998 e. The summed E-state index contributed by atoms with van der Waals surface area (Å²) < 4.78 is 2.21. The van der Waals surface area contributed by atoms with Crippen molar-refractivity contribution in [2.45, 2.75) is 13.8 Å². The van der Waals surface area contributed by atoms with Gasteiger partial charge in [0, 0.05) is 41.9 Å². The Labute approximate surface area is 165 Å². The van der Waals surface area contributed by atoms with E-state index >= 15 is 0 Å². The molecule has 27 heavy (non-hydrogen) atoms. The first kappa shape index (κ1) is 18.8. The summed E-state index contributed by atoms with van der Waals surface area (Å²) >= 11 is 5.96. The van der Waals surface area contributed by atoms with E-state index in [1.807, 2.05) is 32.3 Å². The number of allylic oxidation sites excluding steroid dienone is 1. The summed E-state index contributed by atoms with van der Waals surface area (Å²) in [5.74, 6) is 0. The van der Waals surface area contributed by atoms with Gasteiger partial charge in [-0.05, 0) is 73.5 Å². The second-order valence-electron chi connectivity index (χ2n) is 6.75. The van der Waals surface area contributed by atoms with Crippen molar-refractivity contribution in [2.24, 2.45) is 0 Å². The second kappa shape index (κ2) is 7.73. The molecule has 0 unspecified atom stereocenters. The highest BCUT2D eigenvalue weighted by atomic mass is 35.5. The van der Waals surface area contributed by atoms with Crippen LogP contribution < -0.4 is 4.90 Å². The first-order valence-electron chi connectivity index (χ1n) is 8.75. The van der Waals surface area contributed by atoms with Gasteiger partial charge in [-0.1, -0.05) is 23.7 Å². The average Bonchev–Trinajstić information content (AvgIpc) is 2.94. The first-order chi connectivity index (χ1) is 12.9. The summed E-state index contributed by atoms with van der Waals surface area (Å²) in [6.07, 6.45) is 1.94. The van der Waals surface area contributed by atoms with Crippen molar-refractivity contribution in [3.05, 3.63) is 82.1 Å². The number of halogens is 1. The smallest absolute Gasteiger partial charge is 0.0998 e. The zero-order valence-electron chi connectivity index (χ0n) is 16.0. The molecular formula is C23H22ClN3. The summed E-state index contributed by atoms with van der Waals surface area (Å²) in [5, 5.41) is 10.3. The first-order valence-corrected chi connectivity index (χ1v) is 9.13. The van der Waals surface area contributed by atoms with Crippen molar-refractivity contribution in [1.82, 2.24) is 4.57 Å². The Morgan fingerprint density at radius 1 is 1.04 bits per heavy atom. The van der Waals surface area contributed by atoms with E-state index in [0.29, 0.717) is 10.6 Å². The third-order valence-electron chi connectivity index (χ3n) is 4.67. The Balaban J connectivity index is 2.02. The average molecular weight is 376 g/mol. The Kier molecular flexibility index (Phi) is 5.39. The Morgan fingerprint density at radius 2 is 1.67 bits per heavy atom. The van der Waals surface area contributed by atoms with Crippen LogP contribution in [0.5, 0.6) is 0 Å². The molecule has 1 aromatic heterocycles. The van der Waals surface area contributed by atoms with E-state index in [-0.39, 0.29) is 0 Å². The fraction of sp³-hybridized carbons (Fsp3) is 0.174. The summed E-state index contributed by atoms with van der Waals surface area (Å²) in [4.78, 5) is 2.08. The van der Waals surface area contributed by atoms with E-state index < -0.39 is 0 Å². The van der Waals surface area contributed by atoms with Gasteiger partial charge < -0.3 is 9.47 Å². The van der Waals surface area contributed by atoms with Gasteiger partial charge in [0.25, 0.3) is 0 Å². The van der Waals surface area contributed by atoms with Crippen LogP contribution in [0.3, 0.4) is 0 Å². The van der Waals surface area contributed by atoms with Gasteiger partial charge >= 0.3 is 0 Å². The predicted molar refractivity (Wildman–Crippen MR) is 115 cm³/mol. The molecule has 0 aliphatic carbocycles. The molecule has 0 radical (unpaired) electrons. The largest absolute Gasteiger partial charge is 0.378 e. The van der Waals surface area contributed by atoms with Crippen LogP contribution in [0.25, 0.3) is 17.3 Å². The van der Waals surface area contributed by atoms with Gasteiger partial charge in [0.15, 0.2) is 0 Å². The highest BCUT2D eigenvalue weighted by molar-refractivity contribution is 6.30. The van der Waals surface area contributed by atoms with Crippen LogP contribution in [0.1, 0.15) is 22.5 Å². The molecule has 0 saturated carbocycles. The maximum atomic E-state index is 9.61. The van der Waals surface area contributed by atoms with Crippen molar-refractivity contribution < 1.29 is 0 Å². The van der Waals surface area contributed by atoms with Gasteiger partial charge in [-0.15, -0.1) is 0 Å². The van der Waals surface area contributed by atoms with Gasteiger partial charge in [0.1, 0.15) is 0 Å². The standard InChI is InChI=1S/C23H22ClN3/c1-16-13-19(14-20(15-25)18-5-7-21(24)8-6-18)17(2)27(16)23-11-9-22(10-12-23)26(3)4/h5-14H,1-4H3/b20-14+. The minimum absolute atomic E-state index is 0.620. The lowest BCUT2D eigenvalue weighted by atomic mass is 10.0. The molecule has 3 nitrogen and oxygen atoms in total. The predicted octanol–water partition coefficient (Wildman–Crippen LogP) is 5.88. The van der Waals surface area contributed by atoms with E-state index in [1.165, 1.54) is 0 Å². The van der Waals surface area contributed by atoms with Crippen LogP contribution in [-0.4, -0.2) is 18.7 Å². The summed E-state index contributed by atoms with van der Waals surface area (Å²) in [5.41, 5.74) is 7.03. The highest BCUT2D eigenvalue weighted by Crippen LogP contribution is 2.26. The number of aromatic nitrogens is 1. The molecule has 0 saturated heterocycles. The van der Waals surface area contributed by atoms with Crippen LogP contribution in [-0.2, 0) is 0 Å². The number of nitriles is 1. The topological polar surface area (TPSA) is 32.0 Å². The van der Waals surface area contributed by atoms with E-state index in [2.05, 4.69) is 59.7 Å². The lowest BCUT2D eigenvalue weighted by Crippen LogP contribution is -2.08. The molecule has 0 aliphatic heterocycles. The molecule has 3 aromatic rings. The number of hydrogen-bond donors (Lipinski definition) is 0. The Bertz CT molecular complexity index is 1020. The van der Waals surface area contributed by atoms with Crippen LogP contribution in [0, 0.1) is 25.2 Å². The molecular weight excluding hydrogens is 354 g/mol. The number of hydrogen-bond acceptors (Lipinski definition) is 2. The molecule has 0 amide bonds. The zero-order valence-corrected chi connectivity index (χ0v) is 16.7. The Morgan fingerprint density at radius 3 is 2.22 bits per heavy atom. The van der Waals surface area contributed by atoms with E-state index in [0.717, 1.165) is 33.9 Å². The zero-order chi connectivity index (χ0) is 19.6. The van der Waals surface area contributed by atoms with Crippen molar-refractivity contribution in [3.63, 3.8) is 0 Å². The molecule has 0 atom stereocenters. The molecule has 0 aliphatic rings. The number of nitrogens with zero attached hydrogens (tertiary/aromatic N) is 3. The number of benzene rings is 2. The maximum absolute atomic E-state index is 9.61. The van der Waals surface area contributed by atoms with Gasteiger partial charge in [-0.2, -0.15) is 5.26 Å². The van der Waals surface area contributed by atoms with Gasteiger partial charge in [0.05, 0.1) is 11.6 Å². The van der Waals surface area contributed by atoms with Crippen molar-refractivity contribution in [3.8, 4) is 11.8 Å². The van der Waals surface area contributed by atoms with Gasteiger partial charge in [0.2, 0.25) is 0 Å². The minimum atomic E-state index is 0.620. The van der Waals surface area contributed by atoms with E-state index in [1.54, 1.807) is 12.1 Å². The Hall–Kier alpha value is -2.96. The fourth-order valence-corrected chi connectivity index (χ4v) is 3.32. The van der Waals surface area contributed by atoms with Crippen LogP contribution in [0.4, 0.5) is 5.69 Å². The molecule has 0 fully saturated rings. The van der Waals surface area contributed by atoms with Crippen molar-refractivity contribution >= 4 is 28.9 Å². The van der Waals surface area contributed by atoms with Gasteiger partial charge in [-0.3, -0.25) is 0 Å². The molecule has 1 heterocycles. The molecule has 0 bridgehead atoms. The highest BCUT2D eigenvalue weighted by Gasteiger charge is 2.11. The third-order valence-corrected chi connectivity index (χ3v) is 4.92. The normalized spacial score (nSPS) is 11.3. The number of anilines is 1. The summed E-state index contributed by atoms with van der Waals surface area (Å²) in [7, 11) is 4.06. The minimum Gasteiger partial charge on any atom is -0.378 e. The van der Waals surface area contributed by atoms with E-state index in [9.17, 15) is 5.26 Å². The number of aryl methyl sites for hydroxylation is 1. The van der Waals surface area contributed by atoms with E-state index in [4.69, 9.17) is 11.6 Å². The second-order valence-corrected chi connectivity index (χ2v) is 7.19. The SMILES string of the molecule is Cc1cc(/C=C(\C#N)c2ccc(Cl)cc2)c(C)n1-c1ccc(N(C)C)cc1. The van der Waals surface area contributed by atoms with Crippen LogP contribution in [0.15, 0.2) is 54.6 Å². The van der Waals surface area contributed by atoms with Crippen LogP contribution in [0.2, 0.25) is 5.02 Å². The molecule has 3 rings (SSSR count). The van der Waals surface area contributed by atoms with Crippen molar-refractivity contribution in [2.75, 3.05) is 19.0 Å². The molecule has 136 valence electrons. The fourth-order valence-electron chi connectivity index (χ4n) is 3.20. The lowest BCUT2D eigenvalue weighted by molar-refractivity contribution is 0.963. The monoisotopic (exact) mass is 375 g/mol. The van der Waals surface area contributed by atoms with Crippen molar-refractivity contribution in [1.29, 1.82) is 5.26 Å². The van der Waals surface area contributed by atoms with Crippen LogP contribution >= 0.6 is 11.6 Å². The number of rotatable bonds is 4. The summed E-state index contributed by atoms with van der Waals surface area (Å²) in [6.45, 7) is 4.16. The molecule has 0 spiro atoms. The molecule has 4 heteroatoms.